The van der Waals surface area contributed by atoms with E-state index in [1.54, 1.807) is 46.6 Å². The van der Waals surface area contributed by atoms with Gasteiger partial charge in [0.1, 0.15) is 5.41 Å². The fraction of sp³-hybridized carbons (Fsp3) is 0.355. The van der Waals surface area contributed by atoms with Gasteiger partial charge in [-0.1, -0.05) is 24.3 Å². The maximum absolute atomic E-state index is 13.3. The summed E-state index contributed by atoms with van der Waals surface area (Å²) in [6.07, 6.45) is 1.86. The quantitative estimate of drug-likeness (QED) is 0.290. The zero-order valence-corrected chi connectivity index (χ0v) is 24.5. The molecular formula is C31H35N5O3S. The highest BCUT2D eigenvalue weighted by molar-refractivity contribution is 7.09. The molecule has 0 atom stereocenters. The SMILES string of the molecule is CCN1C(=O)C(C)(C)C(=O)N(C)c2cc(CN(CCn3ccc4ccccc4c3=O)Cc3scnc3C)ccc21. The summed E-state index contributed by atoms with van der Waals surface area (Å²) in [5.41, 5.74) is 4.21. The molecule has 8 nitrogen and oxygen atoms in total. The molecule has 3 heterocycles. The molecule has 0 N–H and O–H groups in total. The van der Waals surface area contributed by atoms with E-state index in [9.17, 15) is 14.4 Å². The fourth-order valence-electron chi connectivity index (χ4n) is 5.35. The number of thiazole rings is 1. The van der Waals surface area contributed by atoms with Crippen molar-refractivity contribution in [3.8, 4) is 0 Å². The maximum atomic E-state index is 13.3. The van der Waals surface area contributed by atoms with Crippen LogP contribution in [0, 0.1) is 12.3 Å². The predicted octanol–water partition coefficient (Wildman–Crippen LogP) is 4.82. The lowest BCUT2D eigenvalue weighted by Crippen LogP contribution is -2.47. The van der Waals surface area contributed by atoms with Crippen LogP contribution in [-0.4, -0.2) is 46.4 Å². The van der Waals surface area contributed by atoms with Gasteiger partial charge in [-0.3, -0.25) is 19.3 Å². The molecule has 208 valence electrons. The summed E-state index contributed by atoms with van der Waals surface area (Å²) in [4.78, 5) is 50.9. The van der Waals surface area contributed by atoms with Crippen molar-refractivity contribution in [1.29, 1.82) is 0 Å². The molecule has 40 heavy (non-hydrogen) atoms. The first-order chi connectivity index (χ1) is 19.1. The van der Waals surface area contributed by atoms with Crippen LogP contribution in [0.3, 0.4) is 0 Å². The highest BCUT2D eigenvalue weighted by atomic mass is 32.1. The number of benzene rings is 2. The van der Waals surface area contributed by atoms with Gasteiger partial charge in [0.2, 0.25) is 11.8 Å². The molecule has 0 fully saturated rings. The van der Waals surface area contributed by atoms with Crippen molar-refractivity contribution in [3.63, 3.8) is 0 Å². The average molecular weight is 558 g/mol. The summed E-state index contributed by atoms with van der Waals surface area (Å²) >= 11 is 1.63. The number of hydrogen-bond acceptors (Lipinski definition) is 6. The van der Waals surface area contributed by atoms with E-state index in [2.05, 4.69) is 9.88 Å². The third-order valence-electron chi connectivity index (χ3n) is 7.79. The number of carbonyl (C=O) groups excluding carboxylic acids is 2. The minimum atomic E-state index is -1.15. The van der Waals surface area contributed by atoms with Crippen molar-refractivity contribution in [3.05, 3.63) is 86.7 Å². The molecule has 0 saturated carbocycles. The zero-order chi connectivity index (χ0) is 28.6. The molecule has 2 aromatic heterocycles. The van der Waals surface area contributed by atoms with Gasteiger partial charge in [0.15, 0.2) is 0 Å². The van der Waals surface area contributed by atoms with Crippen molar-refractivity contribution in [2.75, 3.05) is 29.9 Å². The molecular weight excluding hydrogens is 522 g/mol. The summed E-state index contributed by atoms with van der Waals surface area (Å²) in [5, 5.41) is 1.65. The second-order valence-electron chi connectivity index (χ2n) is 10.8. The lowest BCUT2D eigenvalue weighted by Gasteiger charge is -2.27. The number of amides is 2. The van der Waals surface area contributed by atoms with E-state index in [4.69, 9.17) is 0 Å². The minimum absolute atomic E-state index is 0.00382. The van der Waals surface area contributed by atoms with Gasteiger partial charge in [-0.15, -0.1) is 11.3 Å². The van der Waals surface area contributed by atoms with Gasteiger partial charge in [0.25, 0.3) is 5.56 Å². The molecule has 1 aliphatic rings. The summed E-state index contributed by atoms with van der Waals surface area (Å²) in [6, 6.07) is 15.6. The van der Waals surface area contributed by atoms with E-state index in [-0.39, 0.29) is 17.4 Å². The van der Waals surface area contributed by atoms with Gasteiger partial charge in [-0.25, -0.2) is 4.98 Å². The minimum Gasteiger partial charge on any atom is -0.314 e. The summed E-state index contributed by atoms with van der Waals surface area (Å²) < 4.78 is 1.77. The molecule has 2 amide bonds. The van der Waals surface area contributed by atoms with Crippen LogP contribution in [0.1, 0.15) is 36.9 Å². The van der Waals surface area contributed by atoms with Crippen LogP contribution < -0.4 is 15.4 Å². The summed E-state index contributed by atoms with van der Waals surface area (Å²) in [7, 11) is 1.74. The Balaban J connectivity index is 1.45. The first-order valence-corrected chi connectivity index (χ1v) is 14.4. The molecule has 0 aliphatic carbocycles. The fourth-order valence-corrected chi connectivity index (χ4v) is 6.17. The van der Waals surface area contributed by atoms with Crippen molar-refractivity contribution in [1.82, 2.24) is 14.5 Å². The van der Waals surface area contributed by atoms with E-state index < -0.39 is 5.41 Å². The topological polar surface area (TPSA) is 78.8 Å². The number of anilines is 2. The van der Waals surface area contributed by atoms with Gasteiger partial charge in [0, 0.05) is 56.2 Å². The predicted molar refractivity (Wildman–Crippen MR) is 161 cm³/mol. The van der Waals surface area contributed by atoms with Crippen molar-refractivity contribution in [2.45, 2.75) is 47.3 Å². The van der Waals surface area contributed by atoms with Crippen molar-refractivity contribution < 1.29 is 9.59 Å². The van der Waals surface area contributed by atoms with Gasteiger partial charge in [0.05, 0.1) is 22.6 Å². The Labute approximate surface area is 238 Å². The molecule has 4 aromatic rings. The Morgan fingerprint density at radius 2 is 1.75 bits per heavy atom. The molecule has 1 aliphatic heterocycles. The molecule has 2 aromatic carbocycles. The summed E-state index contributed by atoms with van der Waals surface area (Å²) in [5.74, 6) is -0.416. The molecule has 5 rings (SSSR count). The number of nitrogens with zero attached hydrogens (tertiary/aromatic N) is 5. The third kappa shape index (κ3) is 5.07. The third-order valence-corrected chi connectivity index (χ3v) is 8.71. The maximum Gasteiger partial charge on any atom is 0.258 e. The van der Waals surface area contributed by atoms with Gasteiger partial charge >= 0.3 is 0 Å². The second-order valence-corrected chi connectivity index (χ2v) is 11.8. The largest absolute Gasteiger partial charge is 0.314 e. The molecule has 0 bridgehead atoms. The Morgan fingerprint density at radius 3 is 2.48 bits per heavy atom. The Morgan fingerprint density at radius 1 is 0.975 bits per heavy atom. The number of rotatable bonds is 8. The van der Waals surface area contributed by atoms with E-state index in [0.29, 0.717) is 38.1 Å². The van der Waals surface area contributed by atoms with Crippen molar-refractivity contribution in [2.24, 2.45) is 5.41 Å². The van der Waals surface area contributed by atoms with E-state index in [0.717, 1.165) is 28.0 Å². The normalized spacial score (nSPS) is 15.2. The highest BCUT2D eigenvalue weighted by Crippen LogP contribution is 2.39. The van der Waals surface area contributed by atoms with Crippen LogP contribution in [0.2, 0.25) is 0 Å². The number of aryl methyl sites for hydroxylation is 1. The Kier molecular flexibility index (Phi) is 7.61. The summed E-state index contributed by atoms with van der Waals surface area (Å²) in [6.45, 7) is 10.3. The molecule has 0 spiro atoms. The smallest absolute Gasteiger partial charge is 0.258 e. The monoisotopic (exact) mass is 557 g/mol. The van der Waals surface area contributed by atoms with E-state index in [1.807, 2.05) is 74.1 Å². The van der Waals surface area contributed by atoms with Crippen LogP contribution in [-0.2, 0) is 29.2 Å². The van der Waals surface area contributed by atoms with Crippen LogP contribution in [0.4, 0.5) is 11.4 Å². The molecule has 9 heteroatoms. The number of hydrogen-bond donors (Lipinski definition) is 0. The molecule has 0 radical (unpaired) electrons. The lowest BCUT2D eigenvalue weighted by molar-refractivity contribution is -0.137. The van der Waals surface area contributed by atoms with Gasteiger partial charge in [-0.05, 0) is 62.9 Å². The highest BCUT2D eigenvalue weighted by Gasteiger charge is 2.45. The van der Waals surface area contributed by atoms with Gasteiger partial charge < -0.3 is 14.4 Å². The van der Waals surface area contributed by atoms with Crippen LogP contribution in [0.5, 0.6) is 0 Å². The van der Waals surface area contributed by atoms with Crippen LogP contribution >= 0.6 is 11.3 Å². The average Bonchev–Trinajstić information content (AvgIpc) is 3.34. The van der Waals surface area contributed by atoms with Gasteiger partial charge in [-0.2, -0.15) is 0 Å². The lowest BCUT2D eigenvalue weighted by atomic mass is 9.90. The zero-order valence-electron chi connectivity index (χ0n) is 23.7. The van der Waals surface area contributed by atoms with Crippen molar-refractivity contribution >= 4 is 45.3 Å². The Bertz CT molecular complexity index is 1640. The molecule has 0 saturated heterocycles. The Hall–Kier alpha value is -3.82. The standard InChI is InChI=1S/C31H35N5O3S/c1-6-36-25-12-11-22(17-26(25)33(5)29(38)31(3,4)30(36)39)18-34(19-27-21(2)32-20-40-27)15-16-35-14-13-23-9-7-8-10-24(23)28(35)37/h7-14,17,20H,6,15-16,18-19H2,1-5H3. The van der Waals surface area contributed by atoms with E-state index in [1.165, 1.54) is 4.88 Å². The molecule has 0 unspecified atom stereocenters. The first-order valence-electron chi connectivity index (χ1n) is 13.5. The first kappa shape index (κ1) is 27.7. The number of aromatic nitrogens is 2. The number of fused-ring (bicyclic) bond motifs is 2. The number of carbonyl (C=O) groups is 2. The van der Waals surface area contributed by atoms with Crippen LogP contribution in [0.15, 0.2) is 65.0 Å². The van der Waals surface area contributed by atoms with Crippen LogP contribution in [0.25, 0.3) is 10.8 Å². The number of pyridine rings is 1. The second kappa shape index (κ2) is 11.0. The van der Waals surface area contributed by atoms with E-state index >= 15 is 0 Å².